The summed E-state index contributed by atoms with van der Waals surface area (Å²) in [6.45, 7) is 1.08. The number of hydrogen-bond acceptors (Lipinski definition) is 4. The number of carbonyl (C=O) groups excluding carboxylic acids is 3. The molecule has 7 heteroatoms. The van der Waals surface area contributed by atoms with Crippen molar-refractivity contribution >= 4 is 35.2 Å². The summed E-state index contributed by atoms with van der Waals surface area (Å²) < 4.78 is 5.12. The van der Waals surface area contributed by atoms with E-state index < -0.39 is 0 Å². The Morgan fingerprint density at radius 1 is 0.833 bits per heavy atom. The van der Waals surface area contributed by atoms with E-state index >= 15 is 0 Å². The Kier molecular flexibility index (Phi) is 8.13. The highest BCUT2D eigenvalue weighted by Crippen LogP contribution is 2.21. The topological polar surface area (TPSA) is 87.7 Å². The number of likely N-dealkylation sites (tertiary alicyclic amines) is 1. The first-order chi connectivity index (χ1) is 17.5. The molecule has 2 N–H and O–H groups in total. The van der Waals surface area contributed by atoms with E-state index in [4.69, 9.17) is 4.74 Å². The number of nitrogens with zero attached hydrogens (tertiary/aromatic N) is 1. The predicted octanol–water partition coefficient (Wildman–Crippen LogP) is 4.84. The fraction of sp³-hybridized carbons (Fsp3) is 0.207. The molecule has 0 aliphatic carbocycles. The van der Waals surface area contributed by atoms with Gasteiger partial charge >= 0.3 is 0 Å². The van der Waals surface area contributed by atoms with E-state index in [1.165, 1.54) is 0 Å². The second-order valence-corrected chi connectivity index (χ2v) is 8.59. The number of anilines is 2. The van der Waals surface area contributed by atoms with Crippen LogP contribution in [0.4, 0.5) is 11.4 Å². The van der Waals surface area contributed by atoms with Crippen molar-refractivity contribution in [3.05, 3.63) is 96.1 Å². The maximum atomic E-state index is 12.7. The molecular weight excluding hydrogens is 454 g/mol. The van der Waals surface area contributed by atoms with Crippen LogP contribution in [0.1, 0.15) is 28.8 Å². The zero-order valence-corrected chi connectivity index (χ0v) is 20.1. The number of amides is 3. The van der Waals surface area contributed by atoms with E-state index in [1.54, 1.807) is 66.6 Å². The maximum Gasteiger partial charge on any atom is 0.255 e. The van der Waals surface area contributed by atoms with Gasteiger partial charge in [0.2, 0.25) is 11.8 Å². The third kappa shape index (κ3) is 6.60. The van der Waals surface area contributed by atoms with E-state index in [2.05, 4.69) is 10.6 Å². The van der Waals surface area contributed by atoms with Crippen LogP contribution >= 0.6 is 0 Å². The number of rotatable bonds is 7. The molecule has 0 unspecified atom stereocenters. The Morgan fingerprint density at radius 2 is 1.44 bits per heavy atom. The van der Waals surface area contributed by atoms with E-state index in [-0.39, 0.29) is 23.6 Å². The van der Waals surface area contributed by atoms with Gasteiger partial charge in [0.05, 0.1) is 7.11 Å². The minimum Gasteiger partial charge on any atom is -0.497 e. The number of benzene rings is 3. The molecule has 7 nitrogen and oxygen atoms in total. The summed E-state index contributed by atoms with van der Waals surface area (Å²) in [6.07, 6.45) is 4.61. The van der Waals surface area contributed by atoms with Gasteiger partial charge in [-0.15, -0.1) is 0 Å². The summed E-state index contributed by atoms with van der Waals surface area (Å²) in [5.74, 6) is 0.199. The van der Waals surface area contributed by atoms with Crippen LogP contribution in [0.5, 0.6) is 5.75 Å². The first-order valence-electron chi connectivity index (χ1n) is 11.9. The van der Waals surface area contributed by atoms with Gasteiger partial charge in [-0.05, 0) is 73.0 Å². The molecule has 3 aromatic carbocycles. The molecule has 0 bridgehead atoms. The van der Waals surface area contributed by atoms with Crippen molar-refractivity contribution in [2.75, 3.05) is 30.8 Å². The molecule has 4 rings (SSSR count). The fourth-order valence-electron chi connectivity index (χ4n) is 4.03. The first-order valence-corrected chi connectivity index (χ1v) is 11.9. The molecule has 1 fully saturated rings. The highest BCUT2D eigenvalue weighted by Gasteiger charge is 2.26. The Labute approximate surface area is 210 Å². The van der Waals surface area contributed by atoms with Gasteiger partial charge in [0, 0.05) is 42.0 Å². The molecule has 1 aliphatic heterocycles. The molecule has 1 heterocycles. The minimum atomic E-state index is -0.239. The van der Waals surface area contributed by atoms with Gasteiger partial charge < -0.3 is 20.3 Å². The summed E-state index contributed by atoms with van der Waals surface area (Å²) in [5.41, 5.74) is 2.76. The quantitative estimate of drug-likeness (QED) is 0.471. The maximum absolute atomic E-state index is 12.7. The molecule has 3 aromatic rings. The van der Waals surface area contributed by atoms with Crippen LogP contribution in [0.2, 0.25) is 0 Å². The number of methoxy groups -OCH3 is 1. The van der Waals surface area contributed by atoms with Crippen molar-refractivity contribution < 1.29 is 19.1 Å². The predicted molar refractivity (Wildman–Crippen MR) is 141 cm³/mol. The Hall–Kier alpha value is -4.39. The first kappa shape index (κ1) is 24.7. The third-order valence-corrected chi connectivity index (χ3v) is 6.16. The zero-order chi connectivity index (χ0) is 25.3. The molecule has 3 amide bonds. The summed E-state index contributed by atoms with van der Waals surface area (Å²) in [7, 11) is 1.59. The van der Waals surface area contributed by atoms with Crippen molar-refractivity contribution in [1.82, 2.24) is 4.90 Å². The van der Waals surface area contributed by atoms with Crippen LogP contribution < -0.4 is 15.4 Å². The molecule has 0 atom stereocenters. The molecule has 1 aliphatic rings. The molecule has 184 valence electrons. The Morgan fingerprint density at radius 3 is 2.08 bits per heavy atom. The number of carbonyl (C=O) groups is 3. The fourth-order valence-corrected chi connectivity index (χ4v) is 4.03. The monoisotopic (exact) mass is 483 g/mol. The lowest BCUT2D eigenvalue weighted by molar-refractivity contribution is -0.130. The van der Waals surface area contributed by atoms with Gasteiger partial charge in [-0.25, -0.2) is 0 Å². The lowest BCUT2D eigenvalue weighted by Crippen LogP contribution is -2.40. The van der Waals surface area contributed by atoms with E-state index in [0.29, 0.717) is 48.6 Å². The Balaban J connectivity index is 1.24. The van der Waals surface area contributed by atoms with Gasteiger partial charge in [-0.2, -0.15) is 0 Å². The standard InChI is InChI=1S/C29H29N3O4/c1-36-26-14-12-25(13-15-26)31-28(34)22-8-10-24(11-9-22)30-29(35)23-17-19-32(20-18-23)27(33)16-7-21-5-3-2-4-6-21/h2-16,23H,17-20H2,1H3,(H,30,35)(H,31,34). The molecule has 1 saturated heterocycles. The SMILES string of the molecule is COc1ccc(NC(=O)c2ccc(NC(=O)C3CCN(C(=O)C=Cc4ccccc4)CC3)cc2)cc1. The number of hydrogen-bond donors (Lipinski definition) is 2. The second kappa shape index (κ2) is 11.8. The van der Waals surface area contributed by atoms with Crippen LogP contribution in [0, 0.1) is 5.92 Å². The molecule has 0 aromatic heterocycles. The van der Waals surface area contributed by atoms with Gasteiger partial charge in [0.1, 0.15) is 5.75 Å². The third-order valence-electron chi connectivity index (χ3n) is 6.16. The van der Waals surface area contributed by atoms with Crippen LogP contribution in [-0.4, -0.2) is 42.8 Å². The van der Waals surface area contributed by atoms with E-state index in [0.717, 1.165) is 5.56 Å². The zero-order valence-electron chi connectivity index (χ0n) is 20.1. The van der Waals surface area contributed by atoms with Crippen LogP contribution in [-0.2, 0) is 9.59 Å². The number of ether oxygens (including phenoxy) is 1. The average molecular weight is 484 g/mol. The largest absolute Gasteiger partial charge is 0.497 e. The highest BCUT2D eigenvalue weighted by atomic mass is 16.5. The van der Waals surface area contributed by atoms with Gasteiger partial charge in [-0.1, -0.05) is 30.3 Å². The van der Waals surface area contributed by atoms with E-state index in [1.807, 2.05) is 36.4 Å². The highest BCUT2D eigenvalue weighted by molar-refractivity contribution is 6.04. The molecule has 36 heavy (non-hydrogen) atoms. The second-order valence-electron chi connectivity index (χ2n) is 8.59. The van der Waals surface area contributed by atoms with Crippen molar-refractivity contribution in [3.8, 4) is 5.75 Å². The molecule has 0 spiro atoms. The van der Waals surface area contributed by atoms with E-state index in [9.17, 15) is 14.4 Å². The summed E-state index contributed by atoms with van der Waals surface area (Å²) in [4.78, 5) is 39.5. The normalized spacial score (nSPS) is 13.9. The smallest absolute Gasteiger partial charge is 0.255 e. The van der Waals surface area contributed by atoms with Gasteiger partial charge in [-0.3, -0.25) is 14.4 Å². The minimum absolute atomic E-state index is 0.0405. The van der Waals surface area contributed by atoms with Crippen LogP contribution in [0.15, 0.2) is 84.9 Å². The lowest BCUT2D eigenvalue weighted by Gasteiger charge is -2.30. The number of nitrogens with one attached hydrogen (secondary N) is 2. The molecule has 0 saturated carbocycles. The summed E-state index contributed by atoms with van der Waals surface area (Å²) in [6, 6.07) is 23.5. The number of piperidine rings is 1. The Bertz CT molecular complexity index is 1210. The van der Waals surface area contributed by atoms with Crippen molar-refractivity contribution in [1.29, 1.82) is 0 Å². The summed E-state index contributed by atoms with van der Waals surface area (Å²) in [5, 5.41) is 5.76. The van der Waals surface area contributed by atoms with Crippen LogP contribution in [0.3, 0.4) is 0 Å². The summed E-state index contributed by atoms with van der Waals surface area (Å²) >= 11 is 0. The average Bonchev–Trinajstić information content (AvgIpc) is 2.93. The van der Waals surface area contributed by atoms with Crippen molar-refractivity contribution in [2.45, 2.75) is 12.8 Å². The lowest BCUT2D eigenvalue weighted by atomic mass is 9.95. The van der Waals surface area contributed by atoms with Crippen LogP contribution in [0.25, 0.3) is 6.08 Å². The van der Waals surface area contributed by atoms with Crippen molar-refractivity contribution in [3.63, 3.8) is 0 Å². The van der Waals surface area contributed by atoms with Crippen molar-refractivity contribution in [2.24, 2.45) is 5.92 Å². The molecular formula is C29H29N3O4. The van der Waals surface area contributed by atoms with Gasteiger partial charge in [0.15, 0.2) is 0 Å². The van der Waals surface area contributed by atoms with Gasteiger partial charge in [0.25, 0.3) is 5.91 Å². The molecule has 0 radical (unpaired) electrons.